The number of amides is 1. The van der Waals surface area contributed by atoms with Gasteiger partial charge in [0.05, 0.1) is 17.6 Å². The average Bonchev–Trinajstić information content (AvgIpc) is 2.75. The molecule has 0 saturated carbocycles. The SMILES string of the molecule is CCC(CC)(Oc1cc(C(=O)OC)ccc1[N+](=O)[O-])C(=O)NCc1ccccc1. The lowest BCUT2D eigenvalue weighted by Gasteiger charge is -2.31. The van der Waals surface area contributed by atoms with Gasteiger partial charge in [-0.1, -0.05) is 44.2 Å². The molecule has 0 aliphatic carbocycles. The van der Waals surface area contributed by atoms with E-state index in [1.165, 1.54) is 25.3 Å². The monoisotopic (exact) mass is 400 g/mol. The highest BCUT2D eigenvalue weighted by Gasteiger charge is 2.39. The first-order chi connectivity index (χ1) is 13.9. The van der Waals surface area contributed by atoms with E-state index >= 15 is 0 Å². The van der Waals surface area contributed by atoms with Crippen LogP contribution in [0.5, 0.6) is 5.75 Å². The number of carbonyl (C=O) groups is 2. The van der Waals surface area contributed by atoms with Crippen LogP contribution < -0.4 is 10.1 Å². The van der Waals surface area contributed by atoms with E-state index in [0.717, 1.165) is 5.56 Å². The Morgan fingerprint density at radius 2 is 1.76 bits per heavy atom. The van der Waals surface area contributed by atoms with Gasteiger partial charge in [-0.2, -0.15) is 0 Å². The third kappa shape index (κ3) is 5.10. The van der Waals surface area contributed by atoms with Gasteiger partial charge in [0.2, 0.25) is 0 Å². The topological polar surface area (TPSA) is 108 Å². The van der Waals surface area contributed by atoms with Crippen molar-refractivity contribution in [2.45, 2.75) is 38.8 Å². The smallest absolute Gasteiger partial charge is 0.337 e. The van der Waals surface area contributed by atoms with E-state index in [1.54, 1.807) is 13.8 Å². The van der Waals surface area contributed by atoms with Gasteiger partial charge < -0.3 is 14.8 Å². The highest BCUT2D eigenvalue weighted by atomic mass is 16.6. The van der Waals surface area contributed by atoms with Crippen molar-refractivity contribution in [1.82, 2.24) is 5.32 Å². The summed E-state index contributed by atoms with van der Waals surface area (Å²) in [5.74, 6) is -1.20. The lowest BCUT2D eigenvalue weighted by Crippen LogP contribution is -2.50. The number of nitrogens with one attached hydrogen (secondary N) is 1. The normalized spacial score (nSPS) is 10.9. The fourth-order valence-electron chi connectivity index (χ4n) is 2.90. The maximum Gasteiger partial charge on any atom is 0.337 e. The van der Waals surface area contributed by atoms with Crippen molar-refractivity contribution < 1.29 is 24.0 Å². The van der Waals surface area contributed by atoms with Crippen LogP contribution in [0, 0.1) is 10.1 Å². The highest BCUT2D eigenvalue weighted by Crippen LogP contribution is 2.34. The lowest BCUT2D eigenvalue weighted by molar-refractivity contribution is -0.386. The number of ether oxygens (including phenoxy) is 2. The molecule has 0 aromatic heterocycles. The van der Waals surface area contributed by atoms with Crippen LogP contribution >= 0.6 is 0 Å². The summed E-state index contributed by atoms with van der Waals surface area (Å²) in [7, 11) is 1.21. The molecule has 2 aromatic carbocycles. The summed E-state index contributed by atoms with van der Waals surface area (Å²) in [5, 5.41) is 14.3. The molecule has 0 spiro atoms. The molecule has 0 fully saturated rings. The van der Waals surface area contributed by atoms with E-state index in [4.69, 9.17) is 4.74 Å². The molecular formula is C21H24N2O6. The van der Waals surface area contributed by atoms with Gasteiger partial charge in [-0.3, -0.25) is 14.9 Å². The second-order valence-electron chi connectivity index (χ2n) is 6.40. The molecule has 2 rings (SSSR count). The molecule has 29 heavy (non-hydrogen) atoms. The number of hydrogen-bond acceptors (Lipinski definition) is 6. The summed E-state index contributed by atoms with van der Waals surface area (Å²) in [6.07, 6.45) is 0.563. The van der Waals surface area contributed by atoms with Crippen LogP contribution in [0.3, 0.4) is 0 Å². The number of rotatable bonds is 9. The Kier molecular flexibility index (Phi) is 7.30. The first kappa shape index (κ1) is 21.9. The van der Waals surface area contributed by atoms with E-state index in [2.05, 4.69) is 10.1 Å². The van der Waals surface area contributed by atoms with Crippen molar-refractivity contribution >= 4 is 17.6 Å². The molecule has 0 bridgehead atoms. The predicted molar refractivity (Wildman–Crippen MR) is 107 cm³/mol. The zero-order valence-electron chi connectivity index (χ0n) is 16.6. The fourth-order valence-corrected chi connectivity index (χ4v) is 2.90. The van der Waals surface area contributed by atoms with Crippen molar-refractivity contribution in [2.75, 3.05) is 7.11 Å². The van der Waals surface area contributed by atoms with E-state index < -0.39 is 16.5 Å². The summed E-state index contributed by atoms with van der Waals surface area (Å²) in [5.41, 5.74) is -0.645. The molecule has 1 N–H and O–H groups in total. The van der Waals surface area contributed by atoms with Gasteiger partial charge in [0.1, 0.15) is 0 Å². The van der Waals surface area contributed by atoms with E-state index in [0.29, 0.717) is 6.54 Å². The molecule has 8 heteroatoms. The van der Waals surface area contributed by atoms with Crippen molar-refractivity contribution in [1.29, 1.82) is 0 Å². The standard InChI is InChI=1S/C21H24N2O6/c1-4-21(5-2,20(25)22-14-15-9-7-6-8-10-15)29-18-13-16(19(24)28-3)11-12-17(18)23(26)27/h6-13H,4-5,14H2,1-3H3,(H,22,25). The molecule has 0 aliphatic heterocycles. The van der Waals surface area contributed by atoms with E-state index in [1.807, 2.05) is 30.3 Å². The van der Waals surface area contributed by atoms with Gasteiger partial charge in [-0.15, -0.1) is 0 Å². The minimum atomic E-state index is -1.33. The first-order valence-corrected chi connectivity index (χ1v) is 9.24. The number of methoxy groups -OCH3 is 1. The summed E-state index contributed by atoms with van der Waals surface area (Å²) in [6, 6.07) is 13.1. The van der Waals surface area contributed by atoms with Gasteiger partial charge in [-0.05, 0) is 24.5 Å². The molecule has 0 unspecified atom stereocenters. The Morgan fingerprint density at radius 1 is 1.10 bits per heavy atom. The van der Waals surface area contributed by atoms with E-state index in [-0.39, 0.29) is 35.7 Å². The summed E-state index contributed by atoms with van der Waals surface area (Å²) < 4.78 is 10.6. The maximum absolute atomic E-state index is 13.0. The number of benzene rings is 2. The maximum atomic E-state index is 13.0. The highest BCUT2D eigenvalue weighted by molar-refractivity contribution is 5.90. The van der Waals surface area contributed by atoms with Crippen LogP contribution in [0.15, 0.2) is 48.5 Å². The van der Waals surface area contributed by atoms with Crippen LogP contribution in [-0.4, -0.2) is 29.5 Å². The molecule has 0 atom stereocenters. The van der Waals surface area contributed by atoms with Crippen LogP contribution in [-0.2, 0) is 16.1 Å². The quantitative estimate of drug-likeness (QED) is 0.391. The average molecular weight is 400 g/mol. The molecule has 0 saturated heterocycles. The number of carbonyl (C=O) groups excluding carboxylic acids is 2. The molecule has 2 aromatic rings. The predicted octanol–water partition coefficient (Wildman–Crippen LogP) is 3.64. The van der Waals surface area contributed by atoms with Gasteiger partial charge in [0.15, 0.2) is 11.4 Å². The van der Waals surface area contributed by atoms with Crippen molar-refractivity contribution in [3.05, 3.63) is 69.8 Å². The zero-order chi connectivity index (χ0) is 21.4. The molecular weight excluding hydrogens is 376 g/mol. The van der Waals surface area contributed by atoms with Gasteiger partial charge in [0, 0.05) is 18.7 Å². The Hall–Kier alpha value is -3.42. The van der Waals surface area contributed by atoms with Crippen molar-refractivity contribution in [3.63, 3.8) is 0 Å². The van der Waals surface area contributed by atoms with Crippen molar-refractivity contribution in [3.8, 4) is 5.75 Å². The molecule has 154 valence electrons. The largest absolute Gasteiger partial charge is 0.470 e. The number of esters is 1. The summed E-state index contributed by atoms with van der Waals surface area (Å²) >= 11 is 0. The molecule has 1 amide bonds. The number of nitro groups is 1. The van der Waals surface area contributed by atoms with Gasteiger partial charge in [0.25, 0.3) is 5.91 Å². The zero-order valence-corrected chi connectivity index (χ0v) is 16.6. The Labute approximate surface area is 169 Å². The van der Waals surface area contributed by atoms with Crippen molar-refractivity contribution in [2.24, 2.45) is 0 Å². The third-order valence-electron chi connectivity index (χ3n) is 4.73. The minimum absolute atomic E-state index is 0.0962. The Morgan fingerprint density at radius 3 is 2.31 bits per heavy atom. The molecule has 0 heterocycles. The Balaban J connectivity index is 2.33. The third-order valence-corrected chi connectivity index (χ3v) is 4.73. The first-order valence-electron chi connectivity index (χ1n) is 9.24. The number of nitro benzene ring substituents is 1. The minimum Gasteiger partial charge on any atom is -0.470 e. The summed E-state index contributed by atoms with van der Waals surface area (Å²) in [4.78, 5) is 35.6. The van der Waals surface area contributed by atoms with Crippen LogP contribution in [0.4, 0.5) is 5.69 Å². The van der Waals surface area contributed by atoms with Gasteiger partial charge in [-0.25, -0.2) is 4.79 Å². The van der Waals surface area contributed by atoms with Crippen LogP contribution in [0.25, 0.3) is 0 Å². The number of nitrogens with zero attached hydrogens (tertiary/aromatic N) is 1. The fraction of sp³-hybridized carbons (Fsp3) is 0.333. The molecule has 8 nitrogen and oxygen atoms in total. The molecule has 0 radical (unpaired) electrons. The second-order valence-corrected chi connectivity index (χ2v) is 6.40. The van der Waals surface area contributed by atoms with E-state index in [9.17, 15) is 19.7 Å². The lowest BCUT2D eigenvalue weighted by atomic mass is 9.95. The molecule has 0 aliphatic rings. The number of hydrogen-bond donors (Lipinski definition) is 1. The van der Waals surface area contributed by atoms with Crippen LogP contribution in [0.2, 0.25) is 0 Å². The summed E-state index contributed by atoms with van der Waals surface area (Å²) in [6.45, 7) is 3.83. The second kappa shape index (κ2) is 9.68. The van der Waals surface area contributed by atoms with Gasteiger partial charge >= 0.3 is 11.7 Å². The Bertz CT molecular complexity index is 878. The van der Waals surface area contributed by atoms with Crippen LogP contribution in [0.1, 0.15) is 42.6 Å².